The van der Waals surface area contributed by atoms with Gasteiger partial charge in [-0.15, -0.1) is 0 Å². The molecule has 0 aromatic carbocycles. The van der Waals surface area contributed by atoms with Gasteiger partial charge in [0.15, 0.2) is 0 Å². The van der Waals surface area contributed by atoms with Gasteiger partial charge in [0.25, 0.3) is 0 Å². The fraction of sp³-hybridized carbons (Fsp3) is 1.00. The first-order valence-electron chi connectivity index (χ1n) is 13.5. The molecule has 1 fully saturated rings. The van der Waals surface area contributed by atoms with Gasteiger partial charge >= 0.3 is 0 Å². The van der Waals surface area contributed by atoms with E-state index in [0.29, 0.717) is 12.2 Å². The van der Waals surface area contributed by atoms with E-state index in [1.165, 1.54) is 148 Å². The molecule has 0 aliphatic carbocycles. The van der Waals surface area contributed by atoms with Gasteiger partial charge in [0, 0.05) is 0 Å². The third kappa shape index (κ3) is 16.9. The Kier molecular flexibility index (Phi) is 18.8. The molecule has 1 nitrogen and oxygen atoms in total. The third-order valence-electron chi connectivity index (χ3n) is 6.62. The van der Waals surface area contributed by atoms with Crippen molar-refractivity contribution >= 4 is 0 Å². The average molecular weight is 395 g/mol. The van der Waals surface area contributed by atoms with Gasteiger partial charge in [-0.25, -0.2) is 0 Å². The zero-order valence-electron chi connectivity index (χ0n) is 19.8. The van der Waals surface area contributed by atoms with Crippen LogP contribution < -0.4 is 0 Å². The summed E-state index contributed by atoms with van der Waals surface area (Å²) in [6.45, 7) is 4.60. The minimum atomic E-state index is 0.636. The van der Waals surface area contributed by atoms with Crippen LogP contribution in [0.25, 0.3) is 0 Å². The molecule has 0 aromatic heterocycles. The topological polar surface area (TPSA) is 12.5 Å². The molecule has 168 valence electrons. The van der Waals surface area contributed by atoms with E-state index in [1.54, 1.807) is 0 Å². The minimum Gasteiger partial charge on any atom is -0.370 e. The van der Waals surface area contributed by atoms with E-state index in [4.69, 9.17) is 4.74 Å². The summed E-state index contributed by atoms with van der Waals surface area (Å²) in [4.78, 5) is 0. The quantitative estimate of drug-likeness (QED) is 0.124. The molecule has 1 aliphatic heterocycles. The van der Waals surface area contributed by atoms with Crippen LogP contribution in [0.3, 0.4) is 0 Å². The van der Waals surface area contributed by atoms with Crippen LogP contribution in [0.1, 0.15) is 162 Å². The highest BCUT2D eigenvalue weighted by molar-refractivity contribution is 4.84. The number of hydrogen-bond donors (Lipinski definition) is 0. The fourth-order valence-corrected chi connectivity index (χ4v) is 4.53. The fourth-order valence-electron chi connectivity index (χ4n) is 4.53. The zero-order chi connectivity index (χ0) is 20.1. The molecule has 0 spiro atoms. The summed E-state index contributed by atoms with van der Waals surface area (Å²) < 4.78 is 5.89. The summed E-state index contributed by atoms with van der Waals surface area (Å²) in [6, 6.07) is 0. The number of hydrogen-bond acceptors (Lipinski definition) is 1. The van der Waals surface area contributed by atoms with Gasteiger partial charge in [0.1, 0.15) is 0 Å². The van der Waals surface area contributed by atoms with Gasteiger partial charge < -0.3 is 4.74 Å². The van der Waals surface area contributed by atoms with Crippen molar-refractivity contribution in [3.05, 3.63) is 0 Å². The first-order valence-corrected chi connectivity index (χ1v) is 13.5. The standard InChI is InChI=1S/C27H54O/c1-3-5-7-9-11-13-14-15-17-19-21-23-25-27-26(28-27)24-22-20-18-16-12-10-8-6-4-2/h26-27H,3-25H2,1-2H3/t26-,27-/m1/s1. The smallest absolute Gasteiger partial charge is 0.0841 e. The van der Waals surface area contributed by atoms with E-state index in [2.05, 4.69) is 13.8 Å². The second-order valence-corrected chi connectivity index (χ2v) is 9.51. The summed E-state index contributed by atoms with van der Waals surface area (Å²) in [5.74, 6) is 0. The first-order chi connectivity index (χ1) is 13.9. The van der Waals surface area contributed by atoms with Crippen molar-refractivity contribution in [3.63, 3.8) is 0 Å². The minimum absolute atomic E-state index is 0.636. The SMILES string of the molecule is CCCCCCCCCCCCCC[C@H]1O[C@@H]1CCCCCCCCCCC. The molecule has 1 aliphatic rings. The molecule has 0 amide bonds. The normalized spacial score (nSPS) is 18.6. The zero-order valence-corrected chi connectivity index (χ0v) is 19.8. The number of rotatable bonds is 23. The van der Waals surface area contributed by atoms with Crippen molar-refractivity contribution in [2.45, 2.75) is 174 Å². The molecule has 0 saturated carbocycles. The van der Waals surface area contributed by atoms with Crippen LogP contribution in [0.15, 0.2) is 0 Å². The van der Waals surface area contributed by atoms with E-state index < -0.39 is 0 Å². The van der Waals surface area contributed by atoms with Crippen molar-refractivity contribution in [2.75, 3.05) is 0 Å². The number of ether oxygens (including phenoxy) is 1. The predicted octanol–water partition coefficient (Wildman–Crippen LogP) is 9.77. The molecule has 1 heteroatoms. The summed E-state index contributed by atoms with van der Waals surface area (Å²) in [7, 11) is 0. The lowest BCUT2D eigenvalue weighted by atomic mass is 10.0. The molecule has 1 heterocycles. The Bertz CT molecular complexity index is 301. The predicted molar refractivity (Wildman–Crippen MR) is 126 cm³/mol. The summed E-state index contributed by atoms with van der Waals surface area (Å²) in [5.41, 5.74) is 0. The van der Waals surface area contributed by atoms with Crippen LogP contribution in [0, 0.1) is 0 Å². The summed E-state index contributed by atoms with van der Waals surface area (Å²) >= 11 is 0. The molecule has 0 bridgehead atoms. The monoisotopic (exact) mass is 394 g/mol. The van der Waals surface area contributed by atoms with Crippen LogP contribution in [-0.2, 0) is 4.74 Å². The average Bonchev–Trinajstić information content (AvgIpc) is 3.45. The van der Waals surface area contributed by atoms with Crippen molar-refractivity contribution in [1.82, 2.24) is 0 Å². The molecule has 1 rings (SSSR count). The molecule has 2 atom stereocenters. The molecule has 0 unspecified atom stereocenters. The van der Waals surface area contributed by atoms with Gasteiger partial charge in [-0.2, -0.15) is 0 Å². The molecular weight excluding hydrogens is 340 g/mol. The van der Waals surface area contributed by atoms with Gasteiger partial charge in [-0.3, -0.25) is 0 Å². The number of epoxide rings is 1. The number of unbranched alkanes of at least 4 members (excludes halogenated alkanes) is 19. The highest BCUT2D eigenvalue weighted by atomic mass is 16.6. The van der Waals surface area contributed by atoms with Gasteiger partial charge in [0.05, 0.1) is 12.2 Å². The van der Waals surface area contributed by atoms with Crippen LogP contribution in [0.5, 0.6) is 0 Å². The van der Waals surface area contributed by atoms with E-state index in [-0.39, 0.29) is 0 Å². The highest BCUT2D eigenvalue weighted by Crippen LogP contribution is 2.32. The maximum atomic E-state index is 5.89. The first kappa shape index (κ1) is 26.0. The largest absolute Gasteiger partial charge is 0.370 e. The van der Waals surface area contributed by atoms with Crippen LogP contribution >= 0.6 is 0 Å². The maximum Gasteiger partial charge on any atom is 0.0841 e. The van der Waals surface area contributed by atoms with Gasteiger partial charge in [0.2, 0.25) is 0 Å². The van der Waals surface area contributed by atoms with E-state index in [9.17, 15) is 0 Å². The van der Waals surface area contributed by atoms with E-state index in [0.717, 1.165) is 0 Å². The van der Waals surface area contributed by atoms with Gasteiger partial charge in [-0.05, 0) is 12.8 Å². The maximum absolute atomic E-state index is 5.89. The molecule has 1 saturated heterocycles. The van der Waals surface area contributed by atoms with Crippen molar-refractivity contribution in [2.24, 2.45) is 0 Å². The van der Waals surface area contributed by atoms with Gasteiger partial charge in [-0.1, -0.05) is 149 Å². The second kappa shape index (κ2) is 20.2. The molecule has 0 aromatic rings. The highest BCUT2D eigenvalue weighted by Gasteiger charge is 2.36. The third-order valence-corrected chi connectivity index (χ3v) is 6.62. The lowest BCUT2D eigenvalue weighted by Crippen LogP contribution is -1.95. The Hall–Kier alpha value is -0.0400. The lowest BCUT2D eigenvalue weighted by molar-refractivity contribution is 0.347. The summed E-state index contributed by atoms with van der Waals surface area (Å²) in [6.07, 6.45) is 34.2. The van der Waals surface area contributed by atoms with E-state index in [1.807, 2.05) is 0 Å². The van der Waals surface area contributed by atoms with E-state index >= 15 is 0 Å². The Labute approximate surface area is 178 Å². The molecule has 0 radical (unpaired) electrons. The van der Waals surface area contributed by atoms with Crippen LogP contribution in [0.4, 0.5) is 0 Å². The van der Waals surface area contributed by atoms with Crippen LogP contribution in [0.2, 0.25) is 0 Å². The molecule has 0 N–H and O–H groups in total. The molecule has 28 heavy (non-hydrogen) atoms. The molecular formula is C27H54O. The Balaban J connectivity index is 1.70. The van der Waals surface area contributed by atoms with Crippen molar-refractivity contribution in [1.29, 1.82) is 0 Å². The lowest BCUT2D eigenvalue weighted by Gasteiger charge is -2.02. The Morgan fingerprint density at radius 1 is 0.357 bits per heavy atom. The Morgan fingerprint density at radius 2 is 0.607 bits per heavy atom. The Morgan fingerprint density at radius 3 is 0.893 bits per heavy atom. The summed E-state index contributed by atoms with van der Waals surface area (Å²) in [5, 5.41) is 0. The van der Waals surface area contributed by atoms with Crippen LogP contribution in [-0.4, -0.2) is 12.2 Å². The van der Waals surface area contributed by atoms with Crippen molar-refractivity contribution < 1.29 is 4.74 Å². The van der Waals surface area contributed by atoms with Crippen molar-refractivity contribution in [3.8, 4) is 0 Å². The second-order valence-electron chi connectivity index (χ2n) is 9.51.